The van der Waals surface area contributed by atoms with Gasteiger partial charge in [-0.2, -0.15) is 0 Å². The first-order chi connectivity index (χ1) is 15.2. The third-order valence-corrected chi connectivity index (χ3v) is 5.68. The highest BCUT2D eigenvalue weighted by Gasteiger charge is 2.28. The molecule has 1 aromatic heterocycles. The van der Waals surface area contributed by atoms with E-state index >= 15 is 0 Å². The van der Waals surface area contributed by atoms with Gasteiger partial charge in [-0.3, -0.25) is 19.2 Å². The van der Waals surface area contributed by atoms with Crippen LogP contribution in [-0.4, -0.2) is 63.0 Å². The predicted octanol–water partition coefficient (Wildman–Crippen LogP) is 1.34. The van der Waals surface area contributed by atoms with Gasteiger partial charge in [-0.25, -0.2) is 0 Å². The highest BCUT2D eigenvalue weighted by molar-refractivity contribution is 8.14. The van der Waals surface area contributed by atoms with Crippen LogP contribution in [0.4, 0.5) is 0 Å². The first-order valence-electron chi connectivity index (χ1n) is 10.2. The number of amides is 2. The summed E-state index contributed by atoms with van der Waals surface area (Å²) >= 11 is 1.05. The van der Waals surface area contributed by atoms with Crippen molar-refractivity contribution in [3.8, 4) is 0 Å². The summed E-state index contributed by atoms with van der Waals surface area (Å²) in [5, 5.41) is 21.9. The Balaban J connectivity index is 2.22. The number of carbonyl (C=O) groups excluding carboxylic acids is 4. The Kier molecular flexibility index (Phi) is 9.61. The number of carbonyl (C=O) groups is 4. The number of hydrogen-bond acceptors (Lipinski definition) is 7. The molecular weight excluding hydrogens is 432 g/mol. The number of para-hydroxylation sites is 1. The molecule has 5 N–H and O–H groups in total. The zero-order valence-electron chi connectivity index (χ0n) is 18.0. The number of Topliss-reactive ketones (excluding diaryl/α,β-unsaturated/α-hetero) is 1. The van der Waals surface area contributed by atoms with Crippen molar-refractivity contribution in [3.63, 3.8) is 0 Å². The average Bonchev–Trinajstić information content (AvgIpc) is 3.17. The topological polar surface area (TPSA) is 152 Å². The second-order valence-electron chi connectivity index (χ2n) is 7.54. The van der Waals surface area contributed by atoms with Gasteiger partial charge < -0.3 is 26.1 Å². The van der Waals surface area contributed by atoms with Crippen LogP contribution in [0.15, 0.2) is 30.5 Å². The van der Waals surface area contributed by atoms with Crippen LogP contribution < -0.4 is 10.6 Å². The van der Waals surface area contributed by atoms with Gasteiger partial charge in [0.15, 0.2) is 5.78 Å². The second kappa shape index (κ2) is 12.2. The van der Waals surface area contributed by atoms with Crippen LogP contribution in [0.2, 0.25) is 0 Å². The molecule has 10 heteroatoms. The number of aliphatic hydroxyl groups is 1. The van der Waals surface area contributed by atoms with Crippen LogP contribution in [0, 0.1) is 5.41 Å². The Labute approximate surface area is 190 Å². The number of aromatic amines is 1. The lowest BCUT2D eigenvalue weighted by atomic mass is 10.0. The number of aliphatic hydroxyl groups excluding tert-OH is 1. The molecule has 9 nitrogen and oxygen atoms in total. The summed E-state index contributed by atoms with van der Waals surface area (Å²) < 4.78 is 0. The van der Waals surface area contributed by atoms with Gasteiger partial charge in [0.05, 0.1) is 12.3 Å². The monoisotopic (exact) mass is 460 g/mol. The van der Waals surface area contributed by atoms with Crippen molar-refractivity contribution in [2.75, 3.05) is 6.61 Å². The fraction of sp³-hybridized carbons (Fsp3) is 0.409. The molecule has 1 heterocycles. The van der Waals surface area contributed by atoms with Crippen LogP contribution in [0.3, 0.4) is 0 Å². The normalized spacial score (nSPS) is 12.9. The molecule has 172 valence electrons. The molecule has 0 aliphatic carbocycles. The smallest absolute Gasteiger partial charge is 0.246 e. The summed E-state index contributed by atoms with van der Waals surface area (Å²) in [5.41, 5.74) is 1.67. The van der Waals surface area contributed by atoms with E-state index < -0.39 is 36.3 Å². The Hall–Kier alpha value is -2.98. The molecule has 2 amide bonds. The van der Waals surface area contributed by atoms with Gasteiger partial charge in [0.25, 0.3) is 0 Å². The molecule has 0 aliphatic heterocycles. The number of rotatable bonds is 12. The van der Waals surface area contributed by atoms with Crippen molar-refractivity contribution in [2.24, 2.45) is 0 Å². The fourth-order valence-corrected chi connectivity index (χ4v) is 3.97. The molecule has 2 aromatic rings. The van der Waals surface area contributed by atoms with Crippen molar-refractivity contribution < 1.29 is 24.3 Å². The number of H-pyrrole nitrogens is 1. The molecule has 0 bridgehead atoms. The molecule has 1 aromatic carbocycles. The lowest BCUT2D eigenvalue weighted by Gasteiger charge is -2.23. The first-order valence-corrected chi connectivity index (χ1v) is 11.1. The largest absolute Gasteiger partial charge is 0.387 e. The fourth-order valence-electron chi connectivity index (χ4n) is 3.16. The minimum atomic E-state index is -1.04. The minimum absolute atomic E-state index is 0.0172. The van der Waals surface area contributed by atoms with E-state index in [0.717, 1.165) is 28.2 Å². The van der Waals surface area contributed by atoms with E-state index in [2.05, 4.69) is 15.6 Å². The lowest BCUT2D eigenvalue weighted by molar-refractivity contribution is -0.131. The third-order valence-electron chi connectivity index (χ3n) is 4.69. The van der Waals surface area contributed by atoms with Gasteiger partial charge in [-0.05, 0) is 18.1 Å². The molecule has 0 spiro atoms. The Morgan fingerprint density at radius 2 is 1.88 bits per heavy atom. The van der Waals surface area contributed by atoms with Gasteiger partial charge in [-0.15, -0.1) is 0 Å². The highest BCUT2D eigenvalue weighted by atomic mass is 32.2. The lowest BCUT2D eigenvalue weighted by Crippen LogP contribution is -2.52. The standard InChI is InChI=1S/C22H28N4O5S/c1-13(2)32-22(31)18(8-7-15(28)10-23)26-21(30)19(25-20(29)12-27)9-14-11-24-17-6-4-3-5-16(14)17/h3-6,10-11,13,18-19,23-24,27H,7-9,12H2,1-2H3,(H,25,29)(H,26,30)/t18-,19-/m0/s1. The van der Waals surface area contributed by atoms with E-state index in [-0.39, 0.29) is 29.6 Å². The summed E-state index contributed by atoms with van der Waals surface area (Å²) in [6, 6.07) is 5.52. The number of benzene rings is 1. The summed E-state index contributed by atoms with van der Waals surface area (Å²) in [6.45, 7) is 2.90. The van der Waals surface area contributed by atoms with Crippen LogP contribution in [0.1, 0.15) is 32.3 Å². The van der Waals surface area contributed by atoms with Crippen molar-refractivity contribution >= 4 is 51.6 Å². The van der Waals surface area contributed by atoms with Crippen molar-refractivity contribution in [3.05, 3.63) is 36.0 Å². The van der Waals surface area contributed by atoms with E-state index in [1.165, 1.54) is 0 Å². The van der Waals surface area contributed by atoms with Gasteiger partial charge in [0, 0.05) is 35.2 Å². The summed E-state index contributed by atoms with van der Waals surface area (Å²) in [4.78, 5) is 52.2. The van der Waals surface area contributed by atoms with Crippen LogP contribution in [0.25, 0.3) is 10.9 Å². The quantitative estimate of drug-likeness (QED) is 0.301. The Morgan fingerprint density at radius 3 is 2.53 bits per heavy atom. The van der Waals surface area contributed by atoms with Crippen LogP contribution >= 0.6 is 11.8 Å². The van der Waals surface area contributed by atoms with Crippen molar-refractivity contribution in [1.29, 1.82) is 5.41 Å². The molecule has 2 rings (SSSR count). The second-order valence-corrected chi connectivity index (χ2v) is 9.12. The maximum atomic E-state index is 13.1. The van der Waals surface area contributed by atoms with E-state index in [4.69, 9.17) is 10.5 Å². The van der Waals surface area contributed by atoms with E-state index in [1.807, 2.05) is 38.1 Å². The van der Waals surface area contributed by atoms with E-state index in [0.29, 0.717) is 6.21 Å². The molecule has 0 aliphatic rings. The predicted molar refractivity (Wildman–Crippen MR) is 124 cm³/mol. The van der Waals surface area contributed by atoms with Gasteiger partial charge in [-0.1, -0.05) is 43.8 Å². The summed E-state index contributed by atoms with van der Waals surface area (Å²) in [5.74, 6) is -1.76. The summed E-state index contributed by atoms with van der Waals surface area (Å²) in [7, 11) is 0. The van der Waals surface area contributed by atoms with E-state index in [9.17, 15) is 19.2 Å². The van der Waals surface area contributed by atoms with Crippen molar-refractivity contribution in [2.45, 2.75) is 50.4 Å². The molecule has 32 heavy (non-hydrogen) atoms. The Morgan fingerprint density at radius 1 is 1.16 bits per heavy atom. The number of fused-ring (bicyclic) bond motifs is 1. The number of hydrogen-bond donors (Lipinski definition) is 5. The third kappa shape index (κ3) is 7.31. The maximum Gasteiger partial charge on any atom is 0.246 e. The molecule has 0 saturated carbocycles. The minimum Gasteiger partial charge on any atom is -0.387 e. The molecular formula is C22H28N4O5S. The number of aromatic nitrogens is 1. The first kappa shape index (κ1) is 25.3. The van der Waals surface area contributed by atoms with Crippen LogP contribution in [0.5, 0.6) is 0 Å². The molecule has 0 radical (unpaired) electrons. The average molecular weight is 461 g/mol. The molecule has 2 atom stereocenters. The van der Waals surface area contributed by atoms with Crippen LogP contribution in [-0.2, 0) is 25.6 Å². The SMILES string of the molecule is CC(C)SC(=O)[C@H](CCC(=O)C=N)NC(=O)[C@H](Cc1c[nH]c2ccccc12)NC(=O)CO. The zero-order chi connectivity index (χ0) is 23.7. The van der Waals surface area contributed by atoms with E-state index in [1.54, 1.807) is 6.20 Å². The van der Waals surface area contributed by atoms with Gasteiger partial charge in [0.1, 0.15) is 12.6 Å². The maximum absolute atomic E-state index is 13.1. The van der Waals surface area contributed by atoms with Gasteiger partial charge in [0.2, 0.25) is 16.9 Å². The number of nitrogens with one attached hydrogen (secondary N) is 4. The van der Waals surface area contributed by atoms with Crippen molar-refractivity contribution in [1.82, 2.24) is 15.6 Å². The summed E-state index contributed by atoms with van der Waals surface area (Å²) in [6.07, 6.45) is 2.55. The molecule has 0 unspecified atom stereocenters. The number of ketones is 1. The highest BCUT2D eigenvalue weighted by Crippen LogP contribution is 2.20. The zero-order valence-corrected chi connectivity index (χ0v) is 18.8. The number of thioether (sulfide) groups is 1. The Bertz CT molecular complexity index is 988. The molecule has 0 fully saturated rings. The molecule has 0 saturated heterocycles. The van der Waals surface area contributed by atoms with Gasteiger partial charge >= 0.3 is 0 Å².